The van der Waals surface area contributed by atoms with Crippen LogP contribution in [0.1, 0.15) is 44.9 Å². The number of rotatable bonds is 4. The number of nitrogens with zero attached hydrogens (tertiary/aromatic N) is 2. The Kier molecular flexibility index (Phi) is 5.35. The molecule has 1 aromatic rings. The molecule has 1 N–H and O–H groups in total. The minimum absolute atomic E-state index is 0.159. The van der Waals surface area contributed by atoms with Crippen LogP contribution in [0.15, 0.2) is 35.4 Å². The molecule has 3 rings (SSSR count). The molecule has 1 heterocycles. The number of amides is 2. The molecule has 1 aliphatic carbocycles. The lowest BCUT2D eigenvalue weighted by atomic mass is 9.81. The molecule has 1 aliphatic heterocycles. The quantitative estimate of drug-likeness (QED) is 0.837. The van der Waals surface area contributed by atoms with E-state index in [1.54, 1.807) is 24.3 Å². The van der Waals surface area contributed by atoms with Crippen LogP contribution < -0.4 is 10.3 Å². The summed E-state index contributed by atoms with van der Waals surface area (Å²) in [7, 11) is 1.33. The third-order valence-corrected chi connectivity index (χ3v) is 4.93. The van der Waals surface area contributed by atoms with Crippen LogP contribution in [0.25, 0.3) is 0 Å². The van der Waals surface area contributed by atoms with Crippen LogP contribution in [0.3, 0.4) is 0 Å². The molecular formula is C19H23N3O4. The summed E-state index contributed by atoms with van der Waals surface area (Å²) in [4.78, 5) is 37.3. The number of anilines is 1. The third kappa shape index (κ3) is 3.61. The standard InChI is InChI=1S/C19H23N3O4/c1-26-18(25)19(12-6-3-7-13-19)20-17(24)15-10-11-16(23)22(21-15)14-8-4-2-5-9-14/h2,4-5,8-9H,3,6-7,10-13H2,1H3,(H,20,24). The fourth-order valence-corrected chi connectivity index (χ4v) is 3.51. The van der Waals surface area contributed by atoms with Gasteiger partial charge < -0.3 is 10.1 Å². The number of carbonyl (C=O) groups is 3. The molecule has 0 saturated heterocycles. The predicted octanol–water partition coefficient (Wildman–Crippen LogP) is 2.16. The minimum Gasteiger partial charge on any atom is -0.467 e. The van der Waals surface area contributed by atoms with Crippen LogP contribution in [0, 0.1) is 0 Å². The summed E-state index contributed by atoms with van der Waals surface area (Å²) in [6, 6.07) is 8.98. The molecule has 7 nitrogen and oxygen atoms in total. The first-order valence-electron chi connectivity index (χ1n) is 8.92. The Morgan fingerprint density at radius 2 is 1.81 bits per heavy atom. The highest BCUT2D eigenvalue weighted by Crippen LogP contribution is 2.30. The highest BCUT2D eigenvalue weighted by molar-refractivity contribution is 6.40. The molecule has 0 atom stereocenters. The SMILES string of the molecule is COC(=O)C1(NC(=O)C2=NN(c3ccccc3)C(=O)CC2)CCCCC1. The highest BCUT2D eigenvalue weighted by atomic mass is 16.5. The molecule has 0 radical (unpaired) electrons. The van der Waals surface area contributed by atoms with Gasteiger partial charge in [0, 0.05) is 12.8 Å². The minimum atomic E-state index is -0.994. The van der Waals surface area contributed by atoms with E-state index in [0.29, 0.717) is 18.5 Å². The first-order valence-corrected chi connectivity index (χ1v) is 8.92. The van der Waals surface area contributed by atoms with Crippen molar-refractivity contribution in [2.75, 3.05) is 12.1 Å². The number of ether oxygens (including phenoxy) is 1. The lowest BCUT2D eigenvalue weighted by Gasteiger charge is -2.35. The Labute approximate surface area is 152 Å². The Hall–Kier alpha value is -2.70. The van der Waals surface area contributed by atoms with Gasteiger partial charge in [-0.1, -0.05) is 37.5 Å². The fraction of sp³-hybridized carbons (Fsp3) is 0.474. The van der Waals surface area contributed by atoms with E-state index in [0.717, 1.165) is 19.3 Å². The number of methoxy groups -OCH3 is 1. The molecule has 0 aromatic heterocycles. The molecule has 0 spiro atoms. The second-order valence-corrected chi connectivity index (χ2v) is 6.68. The summed E-state index contributed by atoms with van der Waals surface area (Å²) in [5, 5.41) is 8.36. The molecule has 2 amide bonds. The van der Waals surface area contributed by atoms with Gasteiger partial charge in [0.05, 0.1) is 12.8 Å². The lowest BCUT2D eigenvalue weighted by molar-refractivity contribution is -0.151. The fourth-order valence-electron chi connectivity index (χ4n) is 3.51. The Balaban J connectivity index is 1.82. The maximum absolute atomic E-state index is 12.8. The van der Waals surface area contributed by atoms with Gasteiger partial charge in [0.1, 0.15) is 11.3 Å². The van der Waals surface area contributed by atoms with Crippen molar-refractivity contribution < 1.29 is 19.1 Å². The van der Waals surface area contributed by atoms with Gasteiger partial charge in [0.15, 0.2) is 0 Å². The summed E-state index contributed by atoms with van der Waals surface area (Å²) < 4.78 is 4.93. The number of hydrogen-bond donors (Lipinski definition) is 1. The number of esters is 1. The molecule has 2 aliphatic rings. The average Bonchev–Trinajstić information content (AvgIpc) is 2.69. The van der Waals surface area contributed by atoms with E-state index in [4.69, 9.17) is 4.74 Å². The Morgan fingerprint density at radius 3 is 2.46 bits per heavy atom. The zero-order valence-electron chi connectivity index (χ0n) is 14.9. The van der Waals surface area contributed by atoms with Crippen LogP contribution in [-0.4, -0.2) is 36.1 Å². The largest absolute Gasteiger partial charge is 0.467 e. The van der Waals surface area contributed by atoms with Crippen molar-refractivity contribution in [3.63, 3.8) is 0 Å². The Morgan fingerprint density at radius 1 is 1.12 bits per heavy atom. The molecule has 0 bridgehead atoms. The van der Waals surface area contributed by atoms with Crippen molar-refractivity contribution in [1.82, 2.24) is 5.32 Å². The molecule has 7 heteroatoms. The number of para-hydroxylation sites is 1. The summed E-state index contributed by atoms with van der Waals surface area (Å²) >= 11 is 0. The molecular weight excluding hydrogens is 334 g/mol. The van der Waals surface area contributed by atoms with Gasteiger partial charge in [-0.15, -0.1) is 0 Å². The number of hydrazone groups is 1. The van der Waals surface area contributed by atoms with Crippen molar-refractivity contribution in [3.05, 3.63) is 30.3 Å². The number of nitrogens with one attached hydrogen (secondary N) is 1. The van der Waals surface area contributed by atoms with Crippen LogP contribution >= 0.6 is 0 Å². The van der Waals surface area contributed by atoms with Gasteiger partial charge in [-0.05, 0) is 25.0 Å². The van der Waals surface area contributed by atoms with Crippen molar-refractivity contribution in [2.45, 2.75) is 50.5 Å². The molecule has 1 fully saturated rings. The van der Waals surface area contributed by atoms with Gasteiger partial charge in [0.2, 0.25) is 5.91 Å². The van der Waals surface area contributed by atoms with Crippen molar-refractivity contribution >= 4 is 29.2 Å². The van der Waals surface area contributed by atoms with Gasteiger partial charge >= 0.3 is 5.97 Å². The first-order chi connectivity index (χ1) is 12.6. The van der Waals surface area contributed by atoms with E-state index in [-0.39, 0.29) is 24.5 Å². The summed E-state index contributed by atoms with van der Waals surface area (Å²) in [6.07, 6.45) is 4.32. The maximum atomic E-state index is 12.8. The first kappa shape index (κ1) is 18.1. The smallest absolute Gasteiger partial charge is 0.331 e. The van der Waals surface area contributed by atoms with Gasteiger partial charge in [-0.2, -0.15) is 5.10 Å². The summed E-state index contributed by atoms with van der Waals surface area (Å²) in [5.41, 5.74) is -0.129. The molecule has 1 aromatic carbocycles. The zero-order valence-corrected chi connectivity index (χ0v) is 14.9. The average molecular weight is 357 g/mol. The lowest BCUT2D eigenvalue weighted by Crippen LogP contribution is -2.58. The van der Waals surface area contributed by atoms with E-state index in [2.05, 4.69) is 10.4 Å². The van der Waals surface area contributed by atoms with E-state index in [1.165, 1.54) is 12.1 Å². The normalized spacial score (nSPS) is 19.5. The monoisotopic (exact) mass is 357 g/mol. The topological polar surface area (TPSA) is 88.1 Å². The number of carbonyl (C=O) groups excluding carboxylic acids is 3. The number of benzene rings is 1. The van der Waals surface area contributed by atoms with Crippen LogP contribution in [0.4, 0.5) is 5.69 Å². The Bertz CT molecular complexity index is 724. The maximum Gasteiger partial charge on any atom is 0.331 e. The highest BCUT2D eigenvalue weighted by Gasteiger charge is 2.43. The number of hydrogen-bond acceptors (Lipinski definition) is 5. The van der Waals surface area contributed by atoms with Crippen molar-refractivity contribution in [2.24, 2.45) is 5.10 Å². The van der Waals surface area contributed by atoms with Gasteiger partial charge in [-0.25, -0.2) is 9.80 Å². The second kappa shape index (κ2) is 7.68. The van der Waals surface area contributed by atoms with Crippen LogP contribution in [0.2, 0.25) is 0 Å². The van der Waals surface area contributed by atoms with E-state index < -0.39 is 17.4 Å². The van der Waals surface area contributed by atoms with Gasteiger partial charge in [0.25, 0.3) is 5.91 Å². The van der Waals surface area contributed by atoms with E-state index >= 15 is 0 Å². The summed E-state index contributed by atoms with van der Waals surface area (Å²) in [5.74, 6) is -0.989. The van der Waals surface area contributed by atoms with Crippen LogP contribution in [-0.2, 0) is 19.1 Å². The summed E-state index contributed by atoms with van der Waals surface area (Å²) in [6.45, 7) is 0. The molecule has 26 heavy (non-hydrogen) atoms. The predicted molar refractivity (Wildman–Crippen MR) is 96.6 cm³/mol. The molecule has 138 valence electrons. The van der Waals surface area contributed by atoms with Gasteiger partial charge in [-0.3, -0.25) is 9.59 Å². The van der Waals surface area contributed by atoms with E-state index in [1.807, 2.05) is 6.07 Å². The van der Waals surface area contributed by atoms with E-state index in [9.17, 15) is 14.4 Å². The van der Waals surface area contributed by atoms with Crippen molar-refractivity contribution in [3.8, 4) is 0 Å². The molecule has 1 saturated carbocycles. The van der Waals surface area contributed by atoms with Crippen LogP contribution in [0.5, 0.6) is 0 Å². The zero-order chi connectivity index (χ0) is 18.6. The third-order valence-electron chi connectivity index (χ3n) is 4.93. The van der Waals surface area contributed by atoms with Crippen molar-refractivity contribution in [1.29, 1.82) is 0 Å². The second-order valence-electron chi connectivity index (χ2n) is 6.68. The molecule has 0 unspecified atom stereocenters.